The van der Waals surface area contributed by atoms with Crippen LogP contribution in [0.2, 0.25) is 0 Å². The highest BCUT2D eigenvalue weighted by molar-refractivity contribution is 5.68. The number of nitrogens with one attached hydrogen (secondary N) is 1. The summed E-state index contributed by atoms with van der Waals surface area (Å²) in [5.41, 5.74) is 3.45. The molecule has 3 heterocycles. The van der Waals surface area contributed by atoms with Crippen LogP contribution in [0, 0.1) is 0 Å². The molecule has 25 heavy (non-hydrogen) atoms. The van der Waals surface area contributed by atoms with Crippen LogP contribution in [-0.2, 0) is 0 Å². The van der Waals surface area contributed by atoms with Crippen molar-refractivity contribution in [2.75, 3.05) is 5.32 Å². The molecule has 0 spiro atoms. The summed E-state index contributed by atoms with van der Waals surface area (Å²) < 4.78 is 0. The molecule has 0 saturated carbocycles. The average Bonchev–Trinajstić information content (AvgIpc) is 2.70. The Kier molecular flexibility index (Phi) is 4.12. The van der Waals surface area contributed by atoms with Crippen molar-refractivity contribution in [2.45, 2.75) is 0 Å². The van der Waals surface area contributed by atoms with Crippen molar-refractivity contribution >= 4 is 11.5 Å². The quantitative estimate of drug-likeness (QED) is 0.604. The summed E-state index contributed by atoms with van der Waals surface area (Å²) in [6, 6.07) is 21.4. The van der Waals surface area contributed by atoms with Crippen molar-refractivity contribution in [3.05, 3.63) is 85.3 Å². The predicted octanol–water partition coefficient (Wildman–Crippen LogP) is 4.34. The molecule has 120 valence electrons. The first-order valence-electron chi connectivity index (χ1n) is 7.91. The summed E-state index contributed by atoms with van der Waals surface area (Å²) >= 11 is 0. The van der Waals surface area contributed by atoms with Gasteiger partial charge in [0, 0.05) is 35.9 Å². The Hall–Kier alpha value is -3.60. The lowest BCUT2D eigenvalue weighted by Crippen LogP contribution is -2.00. The zero-order valence-corrected chi connectivity index (χ0v) is 13.4. The number of hydrogen-bond acceptors (Lipinski definition) is 5. The minimum Gasteiger partial charge on any atom is -0.340 e. The molecule has 0 aliphatic carbocycles. The maximum atomic E-state index is 4.69. The van der Waals surface area contributed by atoms with E-state index in [1.54, 1.807) is 18.6 Å². The van der Waals surface area contributed by atoms with Crippen molar-refractivity contribution in [1.82, 2.24) is 19.9 Å². The molecule has 0 fully saturated rings. The topological polar surface area (TPSA) is 63.6 Å². The molecule has 0 bridgehead atoms. The molecule has 0 amide bonds. The molecule has 4 rings (SSSR count). The van der Waals surface area contributed by atoms with Crippen LogP contribution in [-0.4, -0.2) is 19.9 Å². The Morgan fingerprint density at radius 3 is 2.24 bits per heavy atom. The third kappa shape index (κ3) is 3.50. The summed E-state index contributed by atoms with van der Waals surface area (Å²) in [6.07, 6.45) is 5.23. The SMILES string of the molecule is c1ccc(-c2nc(Nc3ccncc3)cc(-c3ccccn3)n2)cc1. The van der Waals surface area contributed by atoms with Crippen molar-refractivity contribution in [1.29, 1.82) is 0 Å². The first kappa shape index (κ1) is 15.0. The van der Waals surface area contributed by atoms with Crippen LogP contribution < -0.4 is 5.32 Å². The number of anilines is 2. The maximum Gasteiger partial charge on any atom is 0.162 e. The minimum absolute atomic E-state index is 0.653. The molecule has 1 N–H and O–H groups in total. The van der Waals surface area contributed by atoms with E-state index in [1.807, 2.05) is 66.7 Å². The summed E-state index contributed by atoms with van der Waals surface area (Å²) in [4.78, 5) is 17.8. The second-order valence-corrected chi connectivity index (χ2v) is 5.40. The number of hydrogen-bond donors (Lipinski definition) is 1. The molecule has 0 saturated heterocycles. The lowest BCUT2D eigenvalue weighted by Gasteiger charge is -2.10. The lowest BCUT2D eigenvalue weighted by atomic mass is 10.2. The molecule has 5 nitrogen and oxygen atoms in total. The monoisotopic (exact) mass is 325 g/mol. The van der Waals surface area contributed by atoms with Gasteiger partial charge in [-0.1, -0.05) is 36.4 Å². The maximum absolute atomic E-state index is 4.69. The normalized spacial score (nSPS) is 10.4. The van der Waals surface area contributed by atoms with Gasteiger partial charge in [0.25, 0.3) is 0 Å². The van der Waals surface area contributed by atoms with Crippen molar-refractivity contribution in [3.63, 3.8) is 0 Å². The molecule has 0 aliphatic heterocycles. The summed E-state index contributed by atoms with van der Waals surface area (Å²) in [5, 5.41) is 3.31. The van der Waals surface area contributed by atoms with Crippen molar-refractivity contribution in [2.24, 2.45) is 0 Å². The average molecular weight is 325 g/mol. The largest absolute Gasteiger partial charge is 0.340 e. The molecule has 0 radical (unpaired) electrons. The van der Waals surface area contributed by atoms with E-state index in [-0.39, 0.29) is 0 Å². The number of aromatic nitrogens is 4. The third-order valence-electron chi connectivity index (χ3n) is 3.64. The first-order chi connectivity index (χ1) is 12.4. The van der Waals surface area contributed by atoms with Gasteiger partial charge in [0.2, 0.25) is 0 Å². The second kappa shape index (κ2) is 6.88. The Morgan fingerprint density at radius 2 is 1.48 bits per heavy atom. The van der Waals surface area contributed by atoms with Crippen LogP contribution >= 0.6 is 0 Å². The highest BCUT2D eigenvalue weighted by Crippen LogP contribution is 2.24. The minimum atomic E-state index is 0.653. The molecule has 3 aromatic heterocycles. The molecule has 1 aromatic carbocycles. The fourth-order valence-electron chi connectivity index (χ4n) is 2.46. The van der Waals surface area contributed by atoms with Crippen LogP contribution in [0.1, 0.15) is 0 Å². The molecule has 4 aromatic rings. The van der Waals surface area contributed by atoms with Crippen LogP contribution in [0.25, 0.3) is 22.8 Å². The fraction of sp³-hybridized carbons (Fsp3) is 0. The van der Waals surface area contributed by atoms with Crippen molar-refractivity contribution < 1.29 is 0 Å². The first-order valence-corrected chi connectivity index (χ1v) is 7.91. The molecular formula is C20H15N5. The third-order valence-corrected chi connectivity index (χ3v) is 3.64. The van der Waals surface area contributed by atoms with Gasteiger partial charge in [-0.3, -0.25) is 9.97 Å². The van der Waals surface area contributed by atoms with Gasteiger partial charge in [0.1, 0.15) is 5.82 Å². The molecule has 0 atom stereocenters. The van der Waals surface area contributed by atoms with Crippen LogP contribution in [0.5, 0.6) is 0 Å². The summed E-state index contributed by atoms with van der Waals surface area (Å²) in [7, 11) is 0. The standard InChI is InChI=1S/C20H15N5/c1-2-6-15(7-3-1)20-24-18(17-8-4-5-11-22-17)14-19(25-20)23-16-9-12-21-13-10-16/h1-14H,(H,21,23,24,25). The Morgan fingerprint density at radius 1 is 0.680 bits per heavy atom. The number of nitrogens with zero attached hydrogens (tertiary/aromatic N) is 4. The Balaban J connectivity index is 1.80. The van der Waals surface area contributed by atoms with E-state index in [2.05, 4.69) is 25.3 Å². The fourth-order valence-corrected chi connectivity index (χ4v) is 2.46. The van der Waals surface area contributed by atoms with E-state index >= 15 is 0 Å². The second-order valence-electron chi connectivity index (χ2n) is 5.40. The zero-order chi connectivity index (χ0) is 16.9. The molecule has 5 heteroatoms. The van der Waals surface area contributed by atoms with Gasteiger partial charge in [0.05, 0.1) is 11.4 Å². The lowest BCUT2D eigenvalue weighted by molar-refractivity contribution is 1.16. The van der Waals surface area contributed by atoms with E-state index in [9.17, 15) is 0 Å². The molecule has 0 aliphatic rings. The van der Waals surface area contributed by atoms with Gasteiger partial charge >= 0.3 is 0 Å². The van der Waals surface area contributed by atoms with Crippen LogP contribution in [0.15, 0.2) is 85.3 Å². The molecular weight excluding hydrogens is 310 g/mol. The van der Waals surface area contributed by atoms with Gasteiger partial charge in [0.15, 0.2) is 5.82 Å². The zero-order valence-electron chi connectivity index (χ0n) is 13.4. The number of benzene rings is 1. The number of pyridine rings is 2. The van der Waals surface area contributed by atoms with Crippen molar-refractivity contribution in [3.8, 4) is 22.8 Å². The number of rotatable bonds is 4. The van der Waals surface area contributed by atoms with Gasteiger partial charge in [-0.25, -0.2) is 9.97 Å². The Bertz CT molecular complexity index is 899. The predicted molar refractivity (Wildman–Crippen MR) is 98.2 cm³/mol. The molecule has 0 unspecified atom stereocenters. The van der Waals surface area contributed by atoms with E-state index in [0.717, 1.165) is 22.6 Å². The summed E-state index contributed by atoms with van der Waals surface area (Å²) in [5.74, 6) is 1.36. The van der Waals surface area contributed by atoms with E-state index in [4.69, 9.17) is 0 Å². The van der Waals surface area contributed by atoms with E-state index < -0.39 is 0 Å². The summed E-state index contributed by atoms with van der Waals surface area (Å²) in [6.45, 7) is 0. The highest BCUT2D eigenvalue weighted by Gasteiger charge is 2.09. The van der Waals surface area contributed by atoms with Crippen LogP contribution in [0.4, 0.5) is 11.5 Å². The van der Waals surface area contributed by atoms with E-state index in [1.165, 1.54) is 0 Å². The van der Waals surface area contributed by atoms with Gasteiger partial charge in [-0.15, -0.1) is 0 Å². The highest BCUT2D eigenvalue weighted by atomic mass is 15.0. The van der Waals surface area contributed by atoms with E-state index in [0.29, 0.717) is 11.6 Å². The van der Waals surface area contributed by atoms with Gasteiger partial charge in [-0.05, 0) is 24.3 Å². The Labute approximate surface area is 145 Å². The van der Waals surface area contributed by atoms with Gasteiger partial charge in [-0.2, -0.15) is 0 Å². The smallest absolute Gasteiger partial charge is 0.162 e. The van der Waals surface area contributed by atoms with Crippen LogP contribution in [0.3, 0.4) is 0 Å². The van der Waals surface area contributed by atoms with Gasteiger partial charge < -0.3 is 5.32 Å².